The Morgan fingerprint density at radius 2 is 1.92 bits per heavy atom. The van der Waals surface area contributed by atoms with E-state index >= 15 is 0 Å². The molecule has 0 spiro atoms. The third-order valence-electron chi connectivity index (χ3n) is 4.43. The second-order valence-corrected chi connectivity index (χ2v) is 6.25. The van der Waals surface area contributed by atoms with Gasteiger partial charge in [-0.1, -0.05) is 41.6 Å². The van der Waals surface area contributed by atoms with Crippen molar-refractivity contribution in [2.24, 2.45) is 5.92 Å². The molecule has 1 aromatic heterocycles. The van der Waals surface area contributed by atoms with E-state index in [0.29, 0.717) is 18.8 Å². The Balaban J connectivity index is 1.41. The van der Waals surface area contributed by atoms with Crippen LogP contribution in [0.15, 0.2) is 53.1 Å². The molecule has 25 heavy (non-hydrogen) atoms. The van der Waals surface area contributed by atoms with Gasteiger partial charge in [0.15, 0.2) is 5.69 Å². The highest BCUT2D eigenvalue weighted by atomic mass is 16.5. The third kappa shape index (κ3) is 2.87. The third-order valence-corrected chi connectivity index (χ3v) is 4.43. The molecule has 0 bridgehead atoms. The molecular formula is C19H17N3O3. The van der Waals surface area contributed by atoms with E-state index in [9.17, 15) is 9.59 Å². The number of rotatable bonds is 3. The van der Waals surface area contributed by atoms with Gasteiger partial charge >= 0.3 is 0 Å². The van der Waals surface area contributed by atoms with Gasteiger partial charge in [0.2, 0.25) is 5.91 Å². The summed E-state index contributed by atoms with van der Waals surface area (Å²) in [5, 5.41) is 8.78. The van der Waals surface area contributed by atoms with Crippen molar-refractivity contribution in [1.29, 1.82) is 0 Å². The molecule has 0 radical (unpaired) electrons. The van der Waals surface area contributed by atoms with E-state index in [-0.39, 0.29) is 23.4 Å². The van der Waals surface area contributed by atoms with E-state index in [0.717, 1.165) is 16.5 Å². The number of anilines is 1. The number of carbonyl (C=O) groups is 2. The van der Waals surface area contributed by atoms with Crippen LogP contribution < -0.4 is 5.32 Å². The molecule has 1 aliphatic rings. The highest BCUT2D eigenvalue weighted by Crippen LogP contribution is 2.25. The van der Waals surface area contributed by atoms with Crippen LogP contribution in [0, 0.1) is 12.8 Å². The van der Waals surface area contributed by atoms with Gasteiger partial charge in [0, 0.05) is 30.2 Å². The van der Waals surface area contributed by atoms with Gasteiger partial charge < -0.3 is 14.7 Å². The zero-order valence-electron chi connectivity index (χ0n) is 13.7. The fourth-order valence-electron chi connectivity index (χ4n) is 3.01. The van der Waals surface area contributed by atoms with E-state index in [1.165, 1.54) is 0 Å². The normalized spacial score (nSPS) is 14.4. The van der Waals surface area contributed by atoms with Gasteiger partial charge in [-0.05, 0) is 18.4 Å². The molecule has 1 N–H and O–H groups in total. The molecule has 3 aromatic rings. The first-order chi connectivity index (χ1) is 12.1. The maximum absolute atomic E-state index is 12.5. The number of carbonyl (C=O) groups excluding carboxylic acids is 2. The van der Waals surface area contributed by atoms with E-state index in [1.54, 1.807) is 17.9 Å². The summed E-state index contributed by atoms with van der Waals surface area (Å²) in [6.45, 7) is 2.52. The summed E-state index contributed by atoms with van der Waals surface area (Å²) < 4.78 is 4.92. The van der Waals surface area contributed by atoms with Crippen molar-refractivity contribution in [1.82, 2.24) is 10.1 Å². The SMILES string of the molecule is Cc1cc(C(=O)N2CC(C(=O)Nc3cccc4ccccc34)C2)no1. The average molecular weight is 335 g/mol. The van der Waals surface area contributed by atoms with Crippen LogP contribution in [-0.2, 0) is 4.79 Å². The van der Waals surface area contributed by atoms with Gasteiger partial charge in [-0.25, -0.2) is 0 Å². The maximum Gasteiger partial charge on any atom is 0.276 e. The first-order valence-electron chi connectivity index (χ1n) is 8.13. The van der Waals surface area contributed by atoms with E-state index in [1.807, 2.05) is 42.5 Å². The Kier molecular flexibility index (Phi) is 3.72. The van der Waals surface area contributed by atoms with Crippen LogP contribution in [0.25, 0.3) is 10.8 Å². The first kappa shape index (κ1) is 15.4. The van der Waals surface area contributed by atoms with Gasteiger partial charge in [-0.3, -0.25) is 9.59 Å². The van der Waals surface area contributed by atoms with Gasteiger partial charge in [-0.15, -0.1) is 0 Å². The lowest BCUT2D eigenvalue weighted by Gasteiger charge is -2.37. The van der Waals surface area contributed by atoms with Crippen molar-refractivity contribution in [3.8, 4) is 0 Å². The Morgan fingerprint density at radius 1 is 1.16 bits per heavy atom. The predicted octanol–water partition coefficient (Wildman–Crippen LogP) is 2.85. The van der Waals surface area contributed by atoms with Crippen molar-refractivity contribution in [3.05, 3.63) is 60.0 Å². The van der Waals surface area contributed by atoms with E-state index in [4.69, 9.17) is 4.52 Å². The minimum absolute atomic E-state index is 0.0725. The molecule has 126 valence electrons. The molecule has 4 rings (SSSR count). The molecule has 6 nitrogen and oxygen atoms in total. The monoisotopic (exact) mass is 335 g/mol. The lowest BCUT2D eigenvalue weighted by atomic mass is 9.98. The number of aromatic nitrogens is 1. The van der Waals surface area contributed by atoms with Crippen LogP contribution in [0.4, 0.5) is 5.69 Å². The Hall–Kier alpha value is -3.15. The summed E-state index contributed by atoms with van der Waals surface area (Å²) in [5.74, 6) is 0.104. The number of hydrogen-bond acceptors (Lipinski definition) is 4. The van der Waals surface area contributed by atoms with Crippen molar-refractivity contribution in [3.63, 3.8) is 0 Å². The summed E-state index contributed by atoms with van der Waals surface area (Å²) in [6.07, 6.45) is 0. The Morgan fingerprint density at radius 3 is 2.68 bits per heavy atom. The summed E-state index contributed by atoms with van der Waals surface area (Å²) in [6, 6.07) is 15.3. The largest absolute Gasteiger partial charge is 0.361 e. The number of fused-ring (bicyclic) bond motifs is 1. The average Bonchev–Trinajstić information content (AvgIpc) is 3.00. The van der Waals surface area contributed by atoms with Gasteiger partial charge in [0.1, 0.15) is 5.76 Å². The number of aryl methyl sites for hydroxylation is 1. The summed E-state index contributed by atoms with van der Waals surface area (Å²) in [4.78, 5) is 26.3. The fraction of sp³-hybridized carbons (Fsp3) is 0.211. The second kappa shape index (κ2) is 6.05. The first-order valence-corrected chi connectivity index (χ1v) is 8.13. The van der Waals surface area contributed by atoms with Crippen molar-refractivity contribution in [2.75, 3.05) is 18.4 Å². The number of benzene rings is 2. The molecule has 2 aromatic carbocycles. The van der Waals surface area contributed by atoms with E-state index < -0.39 is 0 Å². The number of hydrogen-bond donors (Lipinski definition) is 1. The highest BCUT2D eigenvalue weighted by molar-refractivity contribution is 6.04. The quantitative estimate of drug-likeness (QED) is 0.798. The predicted molar refractivity (Wildman–Crippen MR) is 93.2 cm³/mol. The van der Waals surface area contributed by atoms with Crippen LogP contribution in [0.3, 0.4) is 0 Å². The van der Waals surface area contributed by atoms with Gasteiger partial charge in [-0.2, -0.15) is 0 Å². The molecule has 1 saturated heterocycles. The van der Waals surface area contributed by atoms with Crippen molar-refractivity contribution >= 4 is 28.3 Å². The minimum atomic E-state index is -0.212. The van der Waals surface area contributed by atoms with Crippen LogP contribution in [-0.4, -0.2) is 35.0 Å². The minimum Gasteiger partial charge on any atom is -0.361 e. The maximum atomic E-state index is 12.5. The topological polar surface area (TPSA) is 75.4 Å². The van der Waals surface area contributed by atoms with Crippen LogP contribution >= 0.6 is 0 Å². The number of nitrogens with zero attached hydrogens (tertiary/aromatic N) is 2. The van der Waals surface area contributed by atoms with Crippen LogP contribution in [0.1, 0.15) is 16.2 Å². The summed E-state index contributed by atoms with van der Waals surface area (Å²) in [7, 11) is 0. The molecule has 1 aliphatic heterocycles. The van der Waals surface area contributed by atoms with Gasteiger partial charge in [0.25, 0.3) is 5.91 Å². The van der Waals surface area contributed by atoms with Crippen LogP contribution in [0.5, 0.6) is 0 Å². The Labute approximate surface area is 144 Å². The molecule has 0 atom stereocenters. The number of amides is 2. The number of likely N-dealkylation sites (tertiary alicyclic amines) is 1. The molecule has 2 amide bonds. The fourth-order valence-corrected chi connectivity index (χ4v) is 3.01. The van der Waals surface area contributed by atoms with E-state index in [2.05, 4.69) is 10.5 Å². The zero-order valence-corrected chi connectivity index (χ0v) is 13.7. The van der Waals surface area contributed by atoms with Crippen molar-refractivity contribution in [2.45, 2.75) is 6.92 Å². The molecule has 0 saturated carbocycles. The highest BCUT2D eigenvalue weighted by Gasteiger charge is 2.37. The smallest absolute Gasteiger partial charge is 0.276 e. The molecular weight excluding hydrogens is 318 g/mol. The Bertz CT molecular complexity index is 952. The van der Waals surface area contributed by atoms with Gasteiger partial charge in [0.05, 0.1) is 5.92 Å². The lowest BCUT2D eigenvalue weighted by molar-refractivity contribution is -0.123. The van der Waals surface area contributed by atoms with Crippen molar-refractivity contribution < 1.29 is 14.1 Å². The number of nitrogens with one attached hydrogen (secondary N) is 1. The summed E-state index contributed by atoms with van der Waals surface area (Å²) >= 11 is 0. The summed E-state index contributed by atoms with van der Waals surface area (Å²) in [5.41, 5.74) is 1.07. The molecule has 0 unspecified atom stereocenters. The standard InChI is InChI=1S/C19H17N3O3/c1-12-9-17(21-25-12)19(24)22-10-14(11-22)18(23)20-16-8-4-6-13-5-2-3-7-15(13)16/h2-9,14H,10-11H2,1H3,(H,20,23). The zero-order chi connectivity index (χ0) is 17.4. The molecule has 6 heteroatoms. The van der Waals surface area contributed by atoms with Crippen LogP contribution in [0.2, 0.25) is 0 Å². The molecule has 2 heterocycles. The molecule has 0 aliphatic carbocycles. The second-order valence-electron chi connectivity index (χ2n) is 6.25. The lowest BCUT2D eigenvalue weighted by Crippen LogP contribution is -2.54. The molecule has 1 fully saturated rings.